The number of benzene rings is 1. The monoisotopic (exact) mass is 331 g/mol. The summed E-state index contributed by atoms with van der Waals surface area (Å²) in [6.45, 7) is 4.66. The van der Waals surface area contributed by atoms with E-state index >= 15 is 0 Å². The molecule has 2 N–H and O–H groups in total. The van der Waals surface area contributed by atoms with Crippen molar-refractivity contribution in [3.05, 3.63) is 27.7 Å². The maximum atomic E-state index is 9.62. The van der Waals surface area contributed by atoms with Crippen LogP contribution in [0, 0.1) is 11.8 Å². The maximum absolute atomic E-state index is 9.62. The first-order chi connectivity index (χ1) is 8.46. The molecule has 18 heavy (non-hydrogen) atoms. The highest BCUT2D eigenvalue weighted by atomic mass is 79.9. The third kappa shape index (κ3) is 2.84. The largest absolute Gasteiger partial charge is 0.394 e. The molecule has 0 radical (unpaired) electrons. The summed E-state index contributed by atoms with van der Waals surface area (Å²) in [5.41, 5.74) is 0.852. The van der Waals surface area contributed by atoms with E-state index in [2.05, 4.69) is 35.1 Å². The lowest BCUT2D eigenvalue weighted by molar-refractivity contribution is 0.0648. The Morgan fingerprint density at radius 2 is 2.17 bits per heavy atom. The van der Waals surface area contributed by atoms with Gasteiger partial charge in [0.2, 0.25) is 0 Å². The van der Waals surface area contributed by atoms with E-state index in [1.54, 1.807) is 0 Å². The first kappa shape index (κ1) is 14.2. The van der Waals surface area contributed by atoms with Crippen molar-refractivity contribution in [2.45, 2.75) is 32.2 Å². The average Bonchev–Trinajstić information content (AvgIpc) is 2.27. The molecule has 0 heterocycles. The van der Waals surface area contributed by atoms with Gasteiger partial charge in [0.05, 0.1) is 17.2 Å². The van der Waals surface area contributed by atoms with Crippen molar-refractivity contribution in [1.29, 1.82) is 0 Å². The van der Waals surface area contributed by atoms with Gasteiger partial charge in [-0.3, -0.25) is 0 Å². The van der Waals surface area contributed by atoms with Gasteiger partial charge in [-0.2, -0.15) is 0 Å². The molecule has 1 aromatic carbocycles. The molecule has 4 heteroatoms. The van der Waals surface area contributed by atoms with Crippen LogP contribution in [-0.2, 0) is 0 Å². The maximum Gasteiger partial charge on any atom is 0.0661 e. The van der Waals surface area contributed by atoms with Gasteiger partial charge in [-0.15, -0.1) is 0 Å². The Kier molecular flexibility index (Phi) is 4.25. The summed E-state index contributed by atoms with van der Waals surface area (Å²) in [5, 5.41) is 13.8. The van der Waals surface area contributed by atoms with Crippen molar-refractivity contribution in [3.63, 3.8) is 0 Å². The lowest BCUT2D eigenvalue weighted by atomic mass is 9.64. The molecule has 0 unspecified atom stereocenters. The molecule has 0 aromatic heterocycles. The Bertz CT molecular complexity index is 430. The Morgan fingerprint density at radius 3 is 2.67 bits per heavy atom. The lowest BCUT2D eigenvalue weighted by Crippen LogP contribution is -2.54. The van der Waals surface area contributed by atoms with Gasteiger partial charge in [-0.05, 0) is 58.8 Å². The zero-order valence-electron chi connectivity index (χ0n) is 10.7. The van der Waals surface area contributed by atoms with Crippen molar-refractivity contribution in [1.82, 2.24) is 0 Å². The third-order valence-electron chi connectivity index (χ3n) is 3.88. The molecule has 0 atom stereocenters. The highest BCUT2D eigenvalue weighted by molar-refractivity contribution is 9.10. The summed E-state index contributed by atoms with van der Waals surface area (Å²) in [7, 11) is 0. The molecule has 100 valence electrons. The number of aliphatic hydroxyl groups is 1. The van der Waals surface area contributed by atoms with E-state index in [4.69, 9.17) is 11.6 Å². The van der Waals surface area contributed by atoms with Crippen molar-refractivity contribution in [2.24, 2.45) is 11.8 Å². The Hall–Kier alpha value is -0.250. The van der Waals surface area contributed by atoms with Crippen molar-refractivity contribution in [3.8, 4) is 0 Å². The fraction of sp³-hybridized carbons (Fsp3) is 0.571. The standard InChI is InChI=1S/C14H19BrClNO/c1-9(2)10-6-14(7-10,8-18)17-11-3-4-13(16)12(15)5-11/h3-5,9-10,17-18H,6-8H2,1-2H3. The predicted molar refractivity (Wildman–Crippen MR) is 80.2 cm³/mol. The van der Waals surface area contributed by atoms with Crippen LogP contribution in [0.1, 0.15) is 26.7 Å². The summed E-state index contributed by atoms with van der Waals surface area (Å²) in [6, 6.07) is 5.77. The molecule has 0 spiro atoms. The molecule has 1 saturated carbocycles. The van der Waals surface area contributed by atoms with Gasteiger partial charge < -0.3 is 10.4 Å². The van der Waals surface area contributed by atoms with Crippen molar-refractivity contribution >= 4 is 33.2 Å². The fourth-order valence-electron chi connectivity index (χ4n) is 2.57. The predicted octanol–water partition coefficient (Wildman–Crippen LogP) is 4.31. The van der Waals surface area contributed by atoms with E-state index in [0.29, 0.717) is 16.9 Å². The smallest absolute Gasteiger partial charge is 0.0661 e. The van der Waals surface area contributed by atoms with E-state index in [-0.39, 0.29) is 12.1 Å². The molecule has 0 amide bonds. The first-order valence-electron chi connectivity index (χ1n) is 6.30. The second-order valence-corrected chi connectivity index (χ2v) is 6.87. The highest BCUT2D eigenvalue weighted by Gasteiger charge is 2.44. The number of rotatable bonds is 4. The average molecular weight is 333 g/mol. The Labute approximate surface area is 122 Å². The van der Waals surface area contributed by atoms with Crippen molar-refractivity contribution < 1.29 is 5.11 Å². The lowest BCUT2D eigenvalue weighted by Gasteiger charge is -2.49. The number of hydrogen-bond donors (Lipinski definition) is 2. The van der Waals surface area contributed by atoms with Crippen LogP contribution < -0.4 is 5.32 Å². The van der Waals surface area contributed by atoms with Gasteiger partial charge in [-0.1, -0.05) is 25.4 Å². The van der Waals surface area contributed by atoms with Gasteiger partial charge in [0.15, 0.2) is 0 Å². The number of halogens is 2. The molecule has 2 rings (SSSR count). The van der Waals surface area contributed by atoms with Crippen LogP contribution in [0.25, 0.3) is 0 Å². The molecule has 0 aliphatic heterocycles. The minimum Gasteiger partial charge on any atom is -0.394 e. The minimum absolute atomic E-state index is 0.151. The topological polar surface area (TPSA) is 32.3 Å². The molecule has 1 fully saturated rings. The number of anilines is 1. The van der Waals surface area contributed by atoms with Crippen LogP contribution >= 0.6 is 27.5 Å². The molecule has 1 aromatic rings. The summed E-state index contributed by atoms with van der Waals surface area (Å²) in [6.07, 6.45) is 2.06. The molecule has 0 saturated heterocycles. The molecular weight excluding hydrogens is 314 g/mol. The van der Waals surface area contributed by atoms with Gasteiger partial charge >= 0.3 is 0 Å². The third-order valence-corrected chi connectivity index (χ3v) is 5.09. The van der Waals surface area contributed by atoms with E-state index in [0.717, 1.165) is 23.0 Å². The number of hydrogen-bond acceptors (Lipinski definition) is 2. The second kappa shape index (κ2) is 5.40. The number of nitrogens with one attached hydrogen (secondary N) is 1. The van der Waals surface area contributed by atoms with Gasteiger partial charge in [0.25, 0.3) is 0 Å². The van der Waals surface area contributed by atoms with Gasteiger partial charge in [0, 0.05) is 10.2 Å². The zero-order chi connectivity index (χ0) is 13.3. The van der Waals surface area contributed by atoms with Crippen LogP contribution in [0.4, 0.5) is 5.69 Å². The molecule has 1 aliphatic rings. The zero-order valence-corrected chi connectivity index (χ0v) is 13.1. The van der Waals surface area contributed by atoms with Crippen LogP contribution in [0.2, 0.25) is 5.02 Å². The summed E-state index contributed by atoms with van der Waals surface area (Å²) >= 11 is 9.39. The van der Waals surface area contributed by atoms with Crippen LogP contribution in [0.15, 0.2) is 22.7 Å². The fourth-order valence-corrected chi connectivity index (χ4v) is 3.06. The Morgan fingerprint density at radius 1 is 1.50 bits per heavy atom. The summed E-state index contributed by atoms with van der Waals surface area (Å²) in [5.74, 6) is 1.39. The summed E-state index contributed by atoms with van der Waals surface area (Å²) in [4.78, 5) is 0. The quantitative estimate of drug-likeness (QED) is 0.861. The summed E-state index contributed by atoms with van der Waals surface area (Å²) < 4.78 is 0.877. The van der Waals surface area contributed by atoms with Crippen LogP contribution in [-0.4, -0.2) is 17.3 Å². The Balaban J connectivity index is 2.06. The molecule has 0 bridgehead atoms. The second-order valence-electron chi connectivity index (χ2n) is 5.60. The molecule has 2 nitrogen and oxygen atoms in total. The molecular formula is C14H19BrClNO. The minimum atomic E-state index is -0.151. The van der Waals surface area contributed by atoms with Gasteiger partial charge in [0.1, 0.15) is 0 Å². The normalized spacial score (nSPS) is 27.1. The van der Waals surface area contributed by atoms with Crippen LogP contribution in [0.5, 0.6) is 0 Å². The van der Waals surface area contributed by atoms with Gasteiger partial charge in [-0.25, -0.2) is 0 Å². The van der Waals surface area contributed by atoms with Crippen molar-refractivity contribution in [2.75, 3.05) is 11.9 Å². The SMILES string of the molecule is CC(C)C1CC(CO)(Nc2ccc(Cl)c(Br)c2)C1. The highest BCUT2D eigenvalue weighted by Crippen LogP contribution is 2.44. The first-order valence-corrected chi connectivity index (χ1v) is 7.47. The molecule has 1 aliphatic carbocycles. The van der Waals surface area contributed by atoms with Crippen LogP contribution in [0.3, 0.4) is 0 Å². The van der Waals surface area contributed by atoms with E-state index in [9.17, 15) is 5.11 Å². The van der Waals surface area contributed by atoms with E-state index < -0.39 is 0 Å². The van der Waals surface area contributed by atoms with E-state index in [1.807, 2.05) is 18.2 Å². The number of aliphatic hydroxyl groups excluding tert-OH is 1. The van der Waals surface area contributed by atoms with E-state index in [1.165, 1.54) is 0 Å².